The van der Waals surface area contributed by atoms with Crippen molar-refractivity contribution in [3.63, 3.8) is 0 Å². The molecule has 11 nitrogen and oxygen atoms in total. The van der Waals surface area contributed by atoms with Crippen molar-refractivity contribution in [1.29, 1.82) is 0 Å². The molecule has 0 unspecified atom stereocenters. The van der Waals surface area contributed by atoms with E-state index in [1.54, 1.807) is 12.3 Å². The molecule has 0 spiro atoms. The molecule has 0 saturated heterocycles. The number of rotatable bonds is 4. The number of hydrogen-bond acceptors (Lipinski definition) is 7. The van der Waals surface area contributed by atoms with Crippen LogP contribution < -0.4 is 0 Å². The Morgan fingerprint density at radius 2 is 0.791 bits per heavy atom. The lowest BCUT2D eigenvalue weighted by molar-refractivity contribution is 0.0600. The number of pyridine rings is 4. The van der Waals surface area contributed by atoms with Crippen LogP contribution in [0.4, 0.5) is 0 Å². The second kappa shape index (κ2) is 21.9. The van der Waals surface area contributed by atoms with E-state index in [0.29, 0.717) is 5.56 Å². The molecular formula is C79H63BrN8O3. The van der Waals surface area contributed by atoms with E-state index in [2.05, 4.69) is 197 Å². The summed E-state index contributed by atoms with van der Waals surface area (Å²) >= 11 is 3.71. The number of ether oxygens (including phenoxy) is 1. The van der Waals surface area contributed by atoms with Crippen LogP contribution in [0.25, 0.3) is 110 Å². The standard InChI is InChI=1S/C20H15BrN2.C20H18N2O.C20H16N2.C19H14N2O2/c1-20(2)15-5-3-4-6-18(15)23-17-7-8-22-11-14(17)13-9-12(21)10-16(20)19(13)23;1-20(2,23)16-8-4-6-10-19(16)22-17-9-5-3-7-14(17)15-13-21-12-11-18(15)22;1-20(2)15-7-3-4-9-18(15)22-17-10-11-21-12-14(17)13-6-5-8-16(20)19(13)22;1-23-19(22)14-7-3-5-9-17(14)21-16-8-4-2-6-13(16)15-12-20-11-10-18(15)21/h3-11H,1-2H3;3-13,23H,1-2H3;3-12H,1-2H3;2-12H,1H3. The van der Waals surface area contributed by atoms with Gasteiger partial charge in [-0.2, -0.15) is 0 Å². The number of hydrogen-bond donors (Lipinski definition) is 1. The number of nitrogens with zero attached hydrogens (tertiary/aromatic N) is 8. The monoisotopic (exact) mass is 1250 g/mol. The lowest BCUT2D eigenvalue weighted by Crippen LogP contribution is -2.26. The van der Waals surface area contributed by atoms with Gasteiger partial charge in [-0.3, -0.25) is 19.9 Å². The van der Waals surface area contributed by atoms with Gasteiger partial charge in [0.2, 0.25) is 0 Å². The SMILES string of the molecule is CC(C)(O)c1ccccc1-n1c2ccccc2c2cnccc21.CC1(C)c2ccccc2-n2c3ccncc3c3cc(Br)cc1c32.CC1(C)c2ccccc2-n2c3ccncc3c3cccc1c32.COC(=O)c1ccccc1-n1c2ccccc2c2cnccc21. The molecule has 0 aliphatic carbocycles. The number of esters is 1. The van der Waals surface area contributed by atoms with Gasteiger partial charge in [0.05, 0.1) is 85.2 Å². The third-order valence-electron chi connectivity index (χ3n) is 18.5. The average molecular weight is 1250 g/mol. The van der Waals surface area contributed by atoms with Gasteiger partial charge in [0.25, 0.3) is 0 Å². The first-order chi connectivity index (χ1) is 44.2. The highest BCUT2D eigenvalue weighted by atomic mass is 79.9. The Bertz CT molecular complexity index is 5480. The van der Waals surface area contributed by atoms with Crippen molar-refractivity contribution in [3.8, 4) is 22.7 Å². The smallest absolute Gasteiger partial charge is 0.339 e. The van der Waals surface area contributed by atoms with Gasteiger partial charge in [-0.25, -0.2) is 4.79 Å². The predicted molar refractivity (Wildman–Crippen MR) is 373 cm³/mol. The molecule has 0 amide bonds. The Labute approximate surface area is 534 Å². The molecule has 0 fully saturated rings. The minimum atomic E-state index is -0.915. The molecule has 91 heavy (non-hydrogen) atoms. The number of carbonyl (C=O) groups excluding carboxylic acids is 1. The highest BCUT2D eigenvalue weighted by Crippen LogP contribution is 2.50. The fourth-order valence-corrected chi connectivity index (χ4v) is 14.8. The Hall–Kier alpha value is -10.5. The zero-order chi connectivity index (χ0) is 62.5. The van der Waals surface area contributed by atoms with E-state index in [1.165, 1.54) is 89.7 Å². The number of benzene rings is 8. The highest BCUT2D eigenvalue weighted by molar-refractivity contribution is 9.10. The lowest BCUT2D eigenvalue weighted by atomic mass is 9.75. The van der Waals surface area contributed by atoms with E-state index in [9.17, 15) is 9.90 Å². The number of fused-ring (bicyclic) bond motifs is 16. The van der Waals surface area contributed by atoms with Crippen LogP contribution in [0.1, 0.15) is 79.7 Å². The number of carbonyl (C=O) groups is 1. The summed E-state index contributed by atoms with van der Waals surface area (Å²) < 4.78 is 15.1. The molecule has 8 aromatic heterocycles. The fraction of sp³-hybridized carbons (Fsp3) is 0.127. The minimum absolute atomic E-state index is 0.00785. The first kappa shape index (κ1) is 56.9. The third kappa shape index (κ3) is 9.06. The number of aromatic nitrogens is 8. The summed E-state index contributed by atoms with van der Waals surface area (Å²) in [4.78, 5) is 29.4. The summed E-state index contributed by atoms with van der Waals surface area (Å²) in [7, 11) is 1.40. The largest absolute Gasteiger partial charge is 0.465 e. The van der Waals surface area contributed by atoms with Gasteiger partial charge in [-0.1, -0.05) is 165 Å². The van der Waals surface area contributed by atoms with Crippen LogP contribution in [-0.4, -0.2) is 56.4 Å². The van der Waals surface area contributed by atoms with Crippen molar-refractivity contribution in [3.05, 3.63) is 288 Å². The third-order valence-corrected chi connectivity index (χ3v) is 19.0. The summed E-state index contributed by atoms with van der Waals surface area (Å²) in [6.45, 7) is 12.9. The molecule has 0 bridgehead atoms. The zero-order valence-electron chi connectivity index (χ0n) is 51.4. The van der Waals surface area contributed by atoms with E-state index < -0.39 is 5.60 Å². The molecule has 2 aliphatic heterocycles. The second-order valence-electron chi connectivity index (χ2n) is 24.9. The van der Waals surface area contributed by atoms with Crippen molar-refractivity contribution >= 4 is 109 Å². The maximum Gasteiger partial charge on any atom is 0.339 e. The predicted octanol–water partition coefficient (Wildman–Crippen LogP) is 18.8. The number of para-hydroxylation sites is 7. The Kier molecular flexibility index (Phi) is 13.7. The number of aliphatic hydroxyl groups is 1. The van der Waals surface area contributed by atoms with Gasteiger partial charge in [0.1, 0.15) is 0 Å². The number of halogens is 1. The van der Waals surface area contributed by atoms with E-state index in [4.69, 9.17) is 4.74 Å². The van der Waals surface area contributed by atoms with Gasteiger partial charge in [-0.15, -0.1) is 0 Å². The molecule has 10 heterocycles. The van der Waals surface area contributed by atoms with Crippen LogP contribution in [0, 0.1) is 0 Å². The van der Waals surface area contributed by atoms with Gasteiger partial charge < -0.3 is 28.1 Å². The molecule has 12 heteroatoms. The second-order valence-corrected chi connectivity index (χ2v) is 25.8. The van der Waals surface area contributed by atoms with Crippen LogP contribution in [-0.2, 0) is 21.2 Å². The molecular weight excluding hydrogens is 1190 g/mol. The first-order valence-corrected chi connectivity index (χ1v) is 31.3. The average Bonchev–Trinajstić information content (AvgIpc) is 1.61. The lowest BCUT2D eigenvalue weighted by Gasteiger charge is -2.34. The topological polar surface area (TPSA) is 118 Å². The minimum Gasteiger partial charge on any atom is -0.465 e. The van der Waals surface area contributed by atoms with Gasteiger partial charge in [0.15, 0.2) is 0 Å². The fourth-order valence-electron chi connectivity index (χ4n) is 14.3. The van der Waals surface area contributed by atoms with Crippen LogP contribution in [0.5, 0.6) is 0 Å². The number of methoxy groups -OCH3 is 1. The van der Waals surface area contributed by atoms with Crippen LogP contribution in [0.15, 0.2) is 254 Å². The molecule has 0 radical (unpaired) electrons. The van der Waals surface area contributed by atoms with Crippen molar-refractivity contribution in [2.45, 2.75) is 58.0 Å². The maximum absolute atomic E-state index is 12.2. The van der Waals surface area contributed by atoms with Gasteiger partial charge >= 0.3 is 5.97 Å². The summed E-state index contributed by atoms with van der Waals surface area (Å²) in [6, 6.07) is 68.7. The Morgan fingerprint density at radius 3 is 1.33 bits per heavy atom. The van der Waals surface area contributed by atoms with Crippen LogP contribution in [0.2, 0.25) is 0 Å². The van der Waals surface area contributed by atoms with Crippen molar-refractivity contribution in [1.82, 2.24) is 38.2 Å². The van der Waals surface area contributed by atoms with Crippen molar-refractivity contribution in [2.75, 3.05) is 7.11 Å². The molecule has 8 aromatic carbocycles. The molecule has 16 aromatic rings. The molecule has 0 saturated carbocycles. The molecule has 2 aliphatic rings. The van der Waals surface area contributed by atoms with E-state index >= 15 is 0 Å². The summed E-state index contributed by atoms with van der Waals surface area (Å²) in [6.07, 6.45) is 15.1. The molecule has 0 atom stereocenters. The van der Waals surface area contributed by atoms with Gasteiger partial charge in [0, 0.05) is 114 Å². The quantitative estimate of drug-likeness (QED) is 0.174. The molecule has 18 rings (SSSR count). The molecule has 444 valence electrons. The van der Waals surface area contributed by atoms with Crippen molar-refractivity contribution < 1.29 is 14.6 Å². The van der Waals surface area contributed by atoms with E-state index in [1.807, 2.05) is 136 Å². The normalized spacial score (nSPS) is 13.3. The van der Waals surface area contributed by atoms with Gasteiger partial charge in [-0.05, 0) is 115 Å². The van der Waals surface area contributed by atoms with E-state index in [0.717, 1.165) is 59.6 Å². The van der Waals surface area contributed by atoms with Crippen LogP contribution >= 0.6 is 15.9 Å². The van der Waals surface area contributed by atoms with Crippen LogP contribution in [0.3, 0.4) is 0 Å². The Balaban J connectivity index is 0.000000101. The van der Waals surface area contributed by atoms with Crippen molar-refractivity contribution in [2.24, 2.45) is 0 Å². The van der Waals surface area contributed by atoms with E-state index in [-0.39, 0.29) is 16.8 Å². The highest BCUT2D eigenvalue weighted by Gasteiger charge is 2.37. The first-order valence-electron chi connectivity index (χ1n) is 30.5. The summed E-state index contributed by atoms with van der Waals surface area (Å²) in [5, 5.41) is 20.0. The Morgan fingerprint density at radius 1 is 0.407 bits per heavy atom. The molecule has 1 N–H and O–H groups in total. The summed E-state index contributed by atoms with van der Waals surface area (Å²) in [5.41, 5.74) is 19.7. The summed E-state index contributed by atoms with van der Waals surface area (Å²) in [5.74, 6) is -0.347. The zero-order valence-corrected chi connectivity index (χ0v) is 53.0. The maximum atomic E-state index is 12.2.